The quantitative estimate of drug-likeness (QED) is 0.851. The molecular weight excluding hydrogens is 266 g/mol. The Labute approximate surface area is 125 Å². The summed E-state index contributed by atoms with van der Waals surface area (Å²) in [7, 11) is 2.08. The highest BCUT2D eigenvalue weighted by Crippen LogP contribution is 2.22. The molecule has 1 aromatic rings. The lowest BCUT2D eigenvalue weighted by Gasteiger charge is -2.27. The maximum Gasteiger partial charge on any atom is 0.259 e. The SMILES string of the molecule is CN1CCC(Oc2ncccc2C(=O)N2CCCCC2)C1. The first-order valence-electron chi connectivity index (χ1n) is 7.83. The van der Waals surface area contributed by atoms with Crippen LogP contribution in [0.2, 0.25) is 0 Å². The summed E-state index contributed by atoms with van der Waals surface area (Å²) < 4.78 is 5.99. The number of hydrogen-bond acceptors (Lipinski definition) is 4. The summed E-state index contributed by atoms with van der Waals surface area (Å²) in [5, 5.41) is 0. The Bertz CT molecular complexity index is 500. The molecule has 0 N–H and O–H groups in total. The van der Waals surface area contributed by atoms with Crippen LogP contribution in [-0.4, -0.2) is 60.0 Å². The van der Waals surface area contributed by atoms with Crippen molar-refractivity contribution in [3.8, 4) is 5.88 Å². The van der Waals surface area contributed by atoms with Crippen molar-refractivity contribution in [2.75, 3.05) is 33.2 Å². The average Bonchev–Trinajstić information content (AvgIpc) is 2.93. The monoisotopic (exact) mass is 289 g/mol. The molecule has 0 aromatic carbocycles. The number of carbonyl (C=O) groups is 1. The fourth-order valence-corrected chi connectivity index (χ4v) is 3.06. The molecular formula is C16H23N3O2. The maximum absolute atomic E-state index is 12.7. The third-order valence-corrected chi connectivity index (χ3v) is 4.27. The first-order valence-corrected chi connectivity index (χ1v) is 7.83. The number of ether oxygens (including phenoxy) is 1. The predicted octanol–water partition coefficient (Wildman–Crippen LogP) is 1.79. The van der Waals surface area contributed by atoms with E-state index >= 15 is 0 Å². The fourth-order valence-electron chi connectivity index (χ4n) is 3.06. The van der Waals surface area contributed by atoms with Gasteiger partial charge in [-0.1, -0.05) is 0 Å². The van der Waals surface area contributed by atoms with Crippen LogP contribution in [0.25, 0.3) is 0 Å². The van der Waals surface area contributed by atoms with Crippen LogP contribution in [0, 0.1) is 0 Å². The molecule has 5 nitrogen and oxygen atoms in total. The summed E-state index contributed by atoms with van der Waals surface area (Å²) in [4.78, 5) is 21.1. The summed E-state index contributed by atoms with van der Waals surface area (Å²) in [6.45, 7) is 3.62. The van der Waals surface area contributed by atoms with E-state index in [-0.39, 0.29) is 12.0 Å². The van der Waals surface area contributed by atoms with Gasteiger partial charge in [-0.05, 0) is 44.9 Å². The number of likely N-dealkylation sites (N-methyl/N-ethyl adjacent to an activating group) is 1. The Morgan fingerprint density at radius 1 is 1.29 bits per heavy atom. The summed E-state index contributed by atoms with van der Waals surface area (Å²) in [5.74, 6) is 0.553. The van der Waals surface area contributed by atoms with Crippen LogP contribution >= 0.6 is 0 Å². The highest BCUT2D eigenvalue weighted by atomic mass is 16.5. The van der Waals surface area contributed by atoms with Crippen molar-refractivity contribution in [1.29, 1.82) is 0 Å². The number of hydrogen-bond donors (Lipinski definition) is 0. The molecule has 5 heteroatoms. The standard InChI is InChI=1S/C16H23N3O2/c1-18-11-7-13(12-18)21-15-14(6-5-8-17-15)16(20)19-9-3-2-4-10-19/h5-6,8,13H,2-4,7,9-12H2,1H3. The lowest BCUT2D eigenvalue weighted by atomic mass is 10.1. The van der Waals surface area contributed by atoms with Crippen molar-refractivity contribution in [3.05, 3.63) is 23.9 Å². The number of carbonyl (C=O) groups excluding carboxylic acids is 1. The van der Waals surface area contributed by atoms with Crippen molar-refractivity contribution >= 4 is 5.91 Å². The van der Waals surface area contributed by atoms with Gasteiger partial charge in [-0.25, -0.2) is 4.98 Å². The largest absolute Gasteiger partial charge is 0.472 e. The van der Waals surface area contributed by atoms with E-state index in [0.717, 1.165) is 45.4 Å². The molecule has 1 aromatic heterocycles. The van der Waals surface area contributed by atoms with Gasteiger partial charge in [0.1, 0.15) is 11.7 Å². The maximum atomic E-state index is 12.7. The van der Waals surface area contributed by atoms with Gasteiger partial charge in [-0.15, -0.1) is 0 Å². The first-order chi connectivity index (χ1) is 10.2. The number of pyridine rings is 1. The van der Waals surface area contributed by atoms with Crippen LogP contribution in [0.15, 0.2) is 18.3 Å². The second-order valence-electron chi connectivity index (χ2n) is 6.00. The molecule has 0 aliphatic carbocycles. The summed E-state index contributed by atoms with van der Waals surface area (Å²) >= 11 is 0. The predicted molar refractivity (Wildman–Crippen MR) is 80.5 cm³/mol. The smallest absolute Gasteiger partial charge is 0.259 e. The first kappa shape index (κ1) is 14.3. The Balaban J connectivity index is 1.73. The van der Waals surface area contributed by atoms with Crippen molar-refractivity contribution in [3.63, 3.8) is 0 Å². The number of piperidine rings is 1. The molecule has 2 aliphatic heterocycles. The van der Waals surface area contributed by atoms with Gasteiger partial charge in [0, 0.05) is 32.4 Å². The number of nitrogens with zero attached hydrogens (tertiary/aromatic N) is 3. The molecule has 21 heavy (non-hydrogen) atoms. The van der Waals surface area contributed by atoms with Crippen molar-refractivity contribution in [2.45, 2.75) is 31.8 Å². The second kappa shape index (κ2) is 6.43. The lowest BCUT2D eigenvalue weighted by Crippen LogP contribution is -2.36. The number of rotatable bonds is 3. The van der Waals surface area contributed by atoms with Crippen LogP contribution in [-0.2, 0) is 0 Å². The molecule has 3 rings (SSSR count). The molecule has 3 heterocycles. The molecule has 114 valence electrons. The van der Waals surface area contributed by atoms with Crippen molar-refractivity contribution in [2.24, 2.45) is 0 Å². The van der Waals surface area contributed by atoms with Crippen LogP contribution in [0.5, 0.6) is 5.88 Å². The van der Waals surface area contributed by atoms with Crippen LogP contribution in [0.4, 0.5) is 0 Å². The topological polar surface area (TPSA) is 45.7 Å². The Hall–Kier alpha value is -1.62. The summed E-state index contributed by atoms with van der Waals surface area (Å²) in [6, 6.07) is 3.64. The third kappa shape index (κ3) is 3.35. The zero-order valence-corrected chi connectivity index (χ0v) is 12.6. The van der Waals surface area contributed by atoms with Crippen molar-refractivity contribution < 1.29 is 9.53 Å². The van der Waals surface area contributed by atoms with Crippen LogP contribution < -0.4 is 4.74 Å². The number of amides is 1. The van der Waals surface area contributed by atoms with E-state index in [4.69, 9.17) is 4.74 Å². The van der Waals surface area contributed by atoms with E-state index in [1.165, 1.54) is 6.42 Å². The minimum absolute atomic E-state index is 0.0594. The van der Waals surface area contributed by atoms with Gasteiger partial charge in [0.2, 0.25) is 5.88 Å². The van der Waals surface area contributed by atoms with E-state index in [9.17, 15) is 4.79 Å². The molecule has 0 radical (unpaired) electrons. The molecule has 0 bridgehead atoms. The van der Waals surface area contributed by atoms with Gasteiger partial charge in [0.25, 0.3) is 5.91 Å². The van der Waals surface area contributed by atoms with Gasteiger partial charge in [-0.2, -0.15) is 0 Å². The highest BCUT2D eigenvalue weighted by molar-refractivity contribution is 5.96. The van der Waals surface area contributed by atoms with E-state index in [2.05, 4.69) is 16.9 Å². The Morgan fingerprint density at radius 2 is 2.10 bits per heavy atom. The zero-order valence-electron chi connectivity index (χ0n) is 12.6. The lowest BCUT2D eigenvalue weighted by molar-refractivity contribution is 0.0715. The van der Waals surface area contributed by atoms with Gasteiger partial charge in [-0.3, -0.25) is 4.79 Å². The molecule has 2 saturated heterocycles. The Morgan fingerprint density at radius 3 is 2.81 bits per heavy atom. The molecule has 1 amide bonds. The van der Waals surface area contributed by atoms with E-state index in [1.807, 2.05) is 17.0 Å². The van der Waals surface area contributed by atoms with E-state index < -0.39 is 0 Å². The van der Waals surface area contributed by atoms with E-state index in [0.29, 0.717) is 11.4 Å². The average molecular weight is 289 g/mol. The number of likely N-dealkylation sites (tertiary alicyclic amines) is 2. The van der Waals surface area contributed by atoms with Gasteiger partial charge >= 0.3 is 0 Å². The summed E-state index contributed by atoms with van der Waals surface area (Å²) in [5.41, 5.74) is 0.606. The van der Waals surface area contributed by atoms with Gasteiger partial charge in [0.15, 0.2) is 0 Å². The number of aromatic nitrogens is 1. The zero-order chi connectivity index (χ0) is 14.7. The van der Waals surface area contributed by atoms with Crippen LogP contribution in [0.1, 0.15) is 36.0 Å². The molecule has 1 atom stereocenters. The van der Waals surface area contributed by atoms with Crippen LogP contribution in [0.3, 0.4) is 0 Å². The normalized spacial score (nSPS) is 23.3. The molecule has 2 fully saturated rings. The Kier molecular flexibility index (Phi) is 4.39. The van der Waals surface area contributed by atoms with Crippen molar-refractivity contribution in [1.82, 2.24) is 14.8 Å². The molecule has 1 unspecified atom stereocenters. The fraction of sp³-hybridized carbons (Fsp3) is 0.625. The minimum Gasteiger partial charge on any atom is -0.472 e. The molecule has 2 aliphatic rings. The van der Waals surface area contributed by atoms with Gasteiger partial charge < -0.3 is 14.5 Å². The van der Waals surface area contributed by atoms with E-state index in [1.54, 1.807) is 6.20 Å². The highest BCUT2D eigenvalue weighted by Gasteiger charge is 2.26. The van der Waals surface area contributed by atoms with Gasteiger partial charge in [0.05, 0.1) is 0 Å². The second-order valence-corrected chi connectivity index (χ2v) is 6.00. The molecule has 0 saturated carbocycles. The third-order valence-electron chi connectivity index (χ3n) is 4.27. The minimum atomic E-state index is 0.0594. The summed E-state index contributed by atoms with van der Waals surface area (Å²) in [6.07, 6.45) is 6.23. The molecule has 0 spiro atoms.